The molecule has 14 heteroatoms. The maximum absolute atomic E-state index is 13.5. The molecule has 3 aromatic rings. The summed E-state index contributed by atoms with van der Waals surface area (Å²) >= 11 is 0. The Hall–Kier alpha value is -4.18. The zero-order valence-electron chi connectivity index (χ0n) is 24.5. The van der Waals surface area contributed by atoms with Crippen molar-refractivity contribution in [1.29, 1.82) is 0 Å². The molecule has 44 heavy (non-hydrogen) atoms. The largest absolute Gasteiger partial charge is 0.479 e. The van der Waals surface area contributed by atoms with Crippen molar-refractivity contribution in [3.05, 3.63) is 58.4 Å². The van der Waals surface area contributed by atoms with Crippen LogP contribution in [-0.2, 0) is 42.8 Å². The molecule has 2 aromatic carbocycles. The van der Waals surface area contributed by atoms with E-state index in [2.05, 4.69) is 0 Å². The van der Waals surface area contributed by atoms with Crippen LogP contribution in [0, 0.1) is 0 Å². The highest BCUT2D eigenvalue weighted by molar-refractivity contribution is 5.87. The Morgan fingerprint density at radius 3 is 1.86 bits per heavy atom. The van der Waals surface area contributed by atoms with Gasteiger partial charge in [0.1, 0.15) is 25.1 Å². The van der Waals surface area contributed by atoms with Gasteiger partial charge in [0.25, 0.3) is 0 Å². The van der Waals surface area contributed by atoms with E-state index in [0.29, 0.717) is 11.1 Å². The van der Waals surface area contributed by atoms with Gasteiger partial charge in [-0.25, -0.2) is 14.4 Å². The lowest BCUT2D eigenvalue weighted by Gasteiger charge is -2.14. The highest BCUT2D eigenvalue weighted by Crippen LogP contribution is 2.33. The molecule has 0 bridgehead atoms. The summed E-state index contributed by atoms with van der Waals surface area (Å²) in [5, 5.41) is 9.58. The van der Waals surface area contributed by atoms with Crippen molar-refractivity contribution in [1.82, 2.24) is 0 Å². The van der Waals surface area contributed by atoms with Gasteiger partial charge in [0.2, 0.25) is 5.43 Å². The second kappa shape index (κ2) is 17.8. The van der Waals surface area contributed by atoms with Crippen molar-refractivity contribution in [3.63, 3.8) is 0 Å². The van der Waals surface area contributed by atoms with Gasteiger partial charge in [0.05, 0.1) is 50.6 Å². The zero-order valence-corrected chi connectivity index (χ0v) is 24.5. The molecule has 0 aliphatic rings. The van der Waals surface area contributed by atoms with Crippen LogP contribution in [0.5, 0.6) is 11.5 Å². The third-order valence-corrected chi connectivity index (χ3v) is 5.91. The topological polar surface area (TPSA) is 175 Å². The van der Waals surface area contributed by atoms with Crippen molar-refractivity contribution in [2.24, 2.45) is 0 Å². The van der Waals surface area contributed by atoms with E-state index >= 15 is 0 Å². The van der Waals surface area contributed by atoms with Crippen LogP contribution < -0.4 is 14.9 Å². The van der Waals surface area contributed by atoms with Gasteiger partial charge in [0.15, 0.2) is 17.6 Å². The molecule has 0 radical (unpaired) electrons. The minimum atomic E-state index is -1.23. The molecule has 1 heterocycles. The number of hydrogen-bond acceptors (Lipinski definition) is 13. The van der Waals surface area contributed by atoms with E-state index in [-0.39, 0.29) is 67.7 Å². The highest BCUT2D eigenvalue weighted by atomic mass is 16.6. The number of carboxylic acid groups (broad SMARTS) is 1. The van der Waals surface area contributed by atoms with Crippen LogP contribution in [0.15, 0.2) is 51.9 Å². The first-order valence-corrected chi connectivity index (χ1v) is 13.4. The van der Waals surface area contributed by atoms with E-state index in [1.165, 1.54) is 51.9 Å². The van der Waals surface area contributed by atoms with E-state index in [1.807, 2.05) is 0 Å². The Bertz CT molecular complexity index is 1450. The number of aliphatic carboxylic acids is 1. The van der Waals surface area contributed by atoms with Crippen LogP contribution in [0.1, 0.15) is 11.7 Å². The van der Waals surface area contributed by atoms with Crippen LogP contribution in [0.3, 0.4) is 0 Å². The molecule has 3 rings (SSSR count). The van der Waals surface area contributed by atoms with Crippen LogP contribution in [-0.4, -0.2) is 97.2 Å². The SMILES string of the molecule is COCCOCC(=O)Oc1cc2occ(-c3ccc([C@@H](OCCOC)C(=O)O)cc3)c(=O)c2cc1OC(=O)COCCOC. The van der Waals surface area contributed by atoms with Crippen molar-refractivity contribution < 1.29 is 61.8 Å². The van der Waals surface area contributed by atoms with E-state index in [1.54, 1.807) is 12.1 Å². The molecule has 0 saturated carbocycles. The molecule has 14 nitrogen and oxygen atoms in total. The van der Waals surface area contributed by atoms with Gasteiger partial charge in [-0.2, -0.15) is 0 Å². The van der Waals surface area contributed by atoms with E-state index in [0.717, 1.165) is 0 Å². The summed E-state index contributed by atoms with van der Waals surface area (Å²) in [5.74, 6) is -3.19. The Balaban J connectivity index is 1.92. The molecule has 0 aliphatic carbocycles. The first-order valence-electron chi connectivity index (χ1n) is 13.4. The monoisotopic (exact) mass is 618 g/mol. The molecule has 1 N–H and O–H groups in total. The summed E-state index contributed by atoms with van der Waals surface area (Å²) in [5.41, 5.74) is 0.501. The van der Waals surface area contributed by atoms with Gasteiger partial charge >= 0.3 is 17.9 Å². The van der Waals surface area contributed by atoms with Gasteiger partial charge in [-0.15, -0.1) is 0 Å². The summed E-state index contributed by atoms with van der Waals surface area (Å²) < 4.78 is 46.8. The zero-order chi connectivity index (χ0) is 31.9. The number of ether oxygens (including phenoxy) is 8. The van der Waals surface area contributed by atoms with Gasteiger partial charge in [-0.3, -0.25) is 4.79 Å². The molecule has 0 saturated heterocycles. The standard InChI is InChI=1S/C30H34O14/c1-36-8-11-39-17-26(31)43-24-14-21-23(15-25(24)44-27(32)18-40-12-9-37-2)42-16-22(28(21)33)19-4-6-20(7-5-19)29(30(34)35)41-13-10-38-3/h4-7,14-16,29H,8-13,17-18H2,1-3H3,(H,34,35)/t29-/m1/s1. The summed E-state index contributed by atoms with van der Waals surface area (Å²) in [6, 6.07) is 8.64. The second-order valence-electron chi connectivity index (χ2n) is 9.02. The van der Waals surface area contributed by atoms with Crippen LogP contribution in [0.4, 0.5) is 0 Å². The van der Waals surface area contributed by atoms with Crippen LogP contribution in [0.2, 0.25) is 0 Å². The third kappa shape index (κ3) is 9.94. The van der Waals surface area contributed by atoms with Crippen molar-refractivity contribution in [2.45, 2.75) is 6.10 Å². The van der Waals surface area contributed by atoms with Gasteiger partial charge in [-0.1, -0.05) is 24.3 Å². The summed E-state index contributed by atoms with van der Waals surface area (Å²) in [6.45, 7) is 0.291. The molecule has 1 aromatic heterocycles. The first kappa shape index (κ1) is 34.3. The number of esters is 2. The molecule has 0 fully saturated rings. The molecule has 0 unspecified atom stereocenters. The Kier molecular flexibility index (Phi) is 13.9. The number of rotatable bonds is 19. The molecule has 238 valence electrons. The number of carbonyl (C=O) groups excluding carboxylic acids is 2. The van der Waals surface area contributed by atoms with E-state index in [4.69, 9.17) is 42.3 Å². The fourth-order valence-corrected chi connectivity index (χ4v) is 3.79. The first-order chi connectivity index (χ1) is 21.3. The molecular weight excluding hydrogens is 584 g/mol. The average molecular weight is 619 g/mol. The van der Waals surface area contributed by atoms with Crippen molar-refractivity contribution in [3.8, 4) is 22.6 Å². The van der Waals surface area contributed by atoms with Gasteiger partial charge < -0.3 is 47.4 Å². The lowest BCUT2D eigenvalue weighted by atomic mass is 10.0. The average Bonchev–Trinajstić information content (AvgIpc) is 3.00. The van der Waals surface area contributed by atoms with E-state index in [9.17, 15) is 24.3 Å². The Morgan fingerprint density at radius 2 is 1.32 bits per heavy atom. The number of benzene rings is 2. The second-order valence-corrected chi connectivity index (χ2v) is 9.02. The lowest BCUT2D eigenvalue weighted by Crippen LogP contribution is -2.20. The number of carbonyl (C=O) groups is 3. The number of hydrogen-bond donors (Lipinski definition) is 1. The van der Waals surface area contributed by atoms with Crippen molar-refractivity contribution >= 4 is 28.9 Å². The van der Waals surface area contributed by atoms with Crippen LogP contribution in [0.25, 0.3) is 22.1 Å². The quantitative estimate of drug-likeness (QED) is 0.118. The summed E-state index contributed by atoms with van der Waals surface area (Å²) in [6.07, 6.45) is -0.00691. The maximum atomic E-state index is 13.5. The molecule has 0 spiro atoms. The highest BCUT2D eigenvalue weighted by Gasteiger charge is 2.22. The molecule has 0 amide bonds. The summed E-state index contributed by atoms with van der Waals surface area (Å²) in [7, 11) is 4.44. The maximum Gasteiger partial charge on any atom is 0.337 e. The van der Waals surface area contributed by atoms with E-state index < -0.39 is 42.7 Å². The lowest BCUT2D eigenvalue weighted by molar-refractivity contribution is -0.151. The Morgan fingerprint density at radius 1 is 0.773 bits per heavy atom. The normalized spacial score (nSPS) is 11.8. The minimum Gasteiger partial charge on any atom is -0.479 e. The molecule has 1 atom stereocenters. The Labute approximate surface area is 252 Å². The van der Waals surface area contributed by atoms with Crippen molar-refractivity contribution in [2.75, 3.05) is 74.2 Å². The number of fused-ring (bicyclic) bond motifs is 1. The molecule has 0 aliphatic heterocycles. The third-order valence-electron chi connectivity index (χ3n) is 5.91. The number of methoxy groups -OCH3 is 3. The smallest absolute Gasteiger partial charge is 0.337 e. The predicted octanol–water partition coefficient (Wildman–Crippen LogP) is 2.39. The van der Waals surface area contributed by atoms with Gasteiger partial charge in [-0.05, 0) is 17.2 Å². The van der Waals surface area contributed by atoms with Gasteiger partial charge in [0, 0.05) is 27.4 Å². The van der Waals surface area contributed by atoms with Crippen LogP contribution >= 0.6 is 0 Å². The fraction of sp³-hybridized carbons (Fsp3) is 0.400. The summed E-state index contributed by atoms with van der Waals surface area (Å²) in [4.78, 5) is 50.1. The number of carboxylic acids is 1. The predicted molar refractivity (Wildman–Crippen MR) is 153 cm³/mol. The fourth-order valence-electron chi connectivity index (χ4n) is 3.79. The molecular formula is C30H34O14. The minimum absolute atomic E-state index is 0.0251.